The smallest absolute Gasteiger partial charge is 0.134 e. The lowest BCUT2D eigenvalue weighted by molar-refractivity contribution is -0.118. The summed E-state index contributed by atoms with van der Waals surface area (Å²) in [6.07, 6.45) is 4.05. The summed E-state index contributed by atoms with van der Waals surface area (Å²) in [5.74, 6) is 0.339. The van der Waals surface area contributed by atoms with Crippen LogP contribution in [0.3, 0.4) is 0 Å². The fraction of sp³-hybridized carbons (Fsp3) is 0.909. The van der Waals surface area contributed by atoms with Crippen molar-refractivity contribution < 1.29 is 9.90 Å². The molecule has 0 heterocycles. The fourth-order valence-electron chi connectivity index (χ4n) is 3.22. The second-order valence-electron chi connectivity index (χ2n) is 5.28. The van der Waals surface area contributed by atoms with E-state index < -0.39 is 0 Å². The molecule has 0 aromatic carbocycles. The fourth-order valence-corrected chi connectivity index (χ4v) is 3.22. The van der Waals surface area contributed by atoms with Crippen LogP contribution in [0.2, 0.25) is 0 Å². The van der Waals surface area contributed by atoms with Crippen molar-refractivity contribution in [1.29, 1.82) is 0 Å². The molecule has 3 unspecified atom stereocenters. The van der Waals surface area contributed by atoms with Crippen LogP contribution in [0, 0.1) is 10.8 Å². The van der Waals surface area contributed by atoms with Crippen LogP contribution in [0.15, 0.2) is 0 Å². The van der Waals surface area contributed by atoms with E-state index in [2.05, 4.69) is 13.8 Å². The largest absolute Gasteiger partial charge is 0.393 e. The highest BCUT2D eigenvalue weighted by molar-refractivity contribution is 5.83. The van der Waals surface area contributed by atoms with E-state index in [0.29, 0.717) is 18.6 Å². The topological polar surface area (TPSA) is 37.3 Å². The normalized spacial score (nSPS) is 50.7. The molecule has 13 heavy (non-hydrogen) atoms. The summed E-state index contributed by atoms with van der Waals surface area (Å²) < 4.78 is 0. The van der Waals surface area contributed by atoms with E-state index in [1.807, 2.05) is 0 Å². The number of hydrogen-bond donors (Lipinski definition) is 1. The number of Topliss-reactive ketones (excluding diaryl/α,β-unsaturated/α-hetero) is 1. The number of hydrogen-bond acceptors (Lipinski definition) is 2. The first-order valence-electron chi connectivity index (χ1n) is 5.18. The molecule has 1 N–H and O–H groups in total. The van der Waals surface area contributed by atoms with Crippen molar-refractivity contribution in [3.63, 3.8) is 0 Å². The molecule has 2 nitrogen and oxygen atoms in total. The zero-order valence-electron chi connectivity index (χ0n) is 8.47. The first-order valence-corrected chi connectivity index (χ1v) is 5.18. The van der Waals surface area contributed by atoms with E-state index in [9.17, 15) is 9.90 Å². The molecule has 2 aliphatic carbocycles. The van der Waals surface area contributed by atoms with Gasteiger partial charge in [0.25, 0.3) is 0 Å². The van der Waals surface area contributed by atoms with Gasteiger partial charge in [0, 0.05) is 18.3 Å². The highest BCUT2D eigenvalue weighted by atomic mass is 16.3. The molecule has 2 aliphatic rings. The average molecular weight is 182 g/mol. The molecule has 74 valence electrons. The van der Waals surface area contributed by atoms with Crippen molar-refractivity contribution in [1.82, 2.24) is 0 Å². The van der Waals surface area contributed by atoms with Crippen molar-refractivity contribution in [2.45, 2.75) is 52.1 Å². The number of carbonyl (C=O) groups excluding carboxylic acids is 1. The zero-order chi connectivity index (χ0) is 9.69. The predicted molar refractivity (Wildman–Crippen MR) is 50.3 cm³/mol. The molecule has 0 saturated heterocycles. The van der Waals surface area contributed by atoms with E-state index in [0.717, 1.165) is 19.3 Å². The molecular weight excluding hydrogens is 164 g/mol. The maximum atomic E-state index is 11.5. The van der Waals surface area contributed by atoms with Gasteiger partial charge in [0.05, 0.1) is 6.10 Å². The maximum Gasteiger partial charge on any atom is 0.134 e. The van der Waals surface area contributed by atoms with Crippen molar-refractivity contribution in [3.8, 4) is 0 Å². The lowest BCUT2D eigenvalue weighted by Gasteiger charge is -2.47. The molecule has 0 amide bonds. The van der Waals surface area contributed by atoms with Crippen LogP contribution in [0.4, 0.5) is 0 Å². The number of aliphatic hydroxyl groups is 1. The first kappa shape index (κ1) is 9.20. The molecule has 0 aliphatic heterocycles. The molecule has 0 bridgehead atoms. The quantitative estimate of drug-likeness (QED) is 0.621. The van der Waals surface area contributed by atoms with Crippen LogP contribution < -0.4 is 0 Å². The Labute approximate surface area is 79.3 Å². The number of fused-ring (bicyclic) bond motifs is 1. The molecule has 2 heteroatoms. The van der Waals surface area contributed by atoms with Gasteiger partial charge in [-0.3, -0.25) is 4.79 Å². The third-order valence-corrected chi connectivity index (χ3v) is 4.47. The van der Waals surface area contributed by atoms with Crippen molar-refractivity contribution >= 4 is 5.78 Å². The minimum Gasteiger partial charge on any atom is -0.393 e. The van der Waals surface area contributed by atoms with Crippen LogP contribution in [0.25, 0.3) is 0 Å². The summed E-state index contributed by atoms with van der Waals surface area (Å²) >= 11 is 0. The van der Waals surface area contributed by atoms with E-state index in [4.69, 9.17) is 0 Å². The Morgan fingerprint density at radius 1 is 1.38 bits per heavy atom. The number of rotatable bonds is 0. The summed E-state index contributed by atoms with van der Waals surface area (Å²) in [6.45, 7) is 4.25. The monoisotopic (exact) mass is 182 g/mol. The van der Waals surface area contributed by atoms with Crippen molar-refractivity contribution in [2.24, 2.45) is 10.8 Å². The van der Waals surface area contributed by atoms with E-state index in [1.165, 1.54) is 0 Å². The standard InChI is InChI=1S/C11H18O2/c1-10-5-3-4-9(13)11(10,2)7-8(12)6-10/h9,13H,3-7H2,1-2H3. The van der Waals surface area contributed by atoms with Crippen LogP contribution in [0.5, 0.6) is 0 Å². The van der Waals surface area contributed by atoms with Gasteiger partial charge < -0.3 is 5.11 Å². The zero-order valence-corrected chi connectivity index (χ0v) is 8.47. The third kappa shape index (κ3) is 1.08. The molecule has 3 atom stereocenters. The summed E-state index contributed by atoms with van der Waals surface area (Å²) in [7, 11) is 0. The SMILES string of the molecule is CC12CCCC(O)C1(C)CC(=O)C2. The summed E-state index contributed by atoms with van der Waals surface area (Å²) in [5.41, 5.74) is -0.0654. The summed E-state index contributed by atoms with van der Waals surface area (Å²) in [4.78, 5) is 11.5. The van der Waals surface area contributed by atoms with Gasteiger partial charge in [-0.15, -0.1) is 0 Å². The van der Waals surface area contributed by atoms with E-state index in [-0.39, 0.29) is 16.9 Å². The number of aliphatic hydroxyl groups excluding tert-OH is 1. The van der Waals surface area contributed by atoms with Gasteiger partial charge in [0.15, 0.2) is 0 Å². The van der Waals surface area contributed by atoms with Crippen LogP contribution in [-0.2, 0) is 4.79 Å². The Kier molecular flexibility index (Phi) is 1.82. The Hall–Kier alpha value is -0.370. The van der Waals surface area contributed by atoms with E-state index in [1.54, 1.807) is 0 Å². The van der Waals surface area contributed by atoms with Gasteiger partial charge in [0.2, 0.25) is 0 Å². The number of carbonyl (C=O) groups is 1. The van der Waals surface area contributed by atoms with Gasteiger partial charge >= 0.3 is 0 Å². The van der Waals surface area contributed by atoms with E-state index >= 15 is 0 Å². The first-order chi connectivity index (χ1) is 5.98. The molecule has 2 fully saturated rings. The third-order valence-electron chi connectivity index (χ3n) is 4.47. The van der Waals surface area contributed by atoms with Crippen LogP contribution in [0.1, 0.15) is 46.0 Å². The lowest BCUT2D eigenvalue weighted by atomic mass is 9.58. The second-order valence-corrected chi connectivity index (χ2v) is 5.28. The highest BCUT2D eigenvalue weighted by Gasteiger charge is 2.57. The lowest BCUT2D eigenvalue weighted by Crippen LogP contribution is -2.45. The summed E-state index contributed by atoms with van der Waals surface area (Å²) in [6, 6.07) is 0. The van der Waals surface area contributed by atoms with Gasteiger partial charge in [-0.1, -0.05) is 20.3 Å². The van der Waals surface area contributed by atoms with Crippen molar-refractivity contribution in [2.75, 3.05) is 0 Å². The Morgan fingerprint density at radius 3 is 2.69 bits per heavy atom. The highest BCUT2D eigenvalue weighted by Crippen LogP contribution is 2.59. The molecule has 2 rings (SSSR count). The molecule has 0 aromatic rings. The van der Waals surface area contributed by atoms with Gasteiger partial charge in [-0.2, -0.15) is 0 Å². The minimum absolute atomic E-state index is 0.0712. The Balaban J connectivity index is 2.36. The maximum absolute atomic E-state index is 11.5. The van der Waals surface area contributed by atoms with Gasteiger partial charge in [-0.25, -0.2) is 0 Å². The molecular formula is C11H18O2. The molecule has 0 radical (unpaired) electrons. The molecule has 0 spiro atoms. The minimum atomic E-state index is -0.266. The predicted octanol–water partition coefficient (Wildman–Crippen LogP) is 1.91. The summed E-state index contributed by atoms with van der Waals surface area (Å²) in [5, 5.41) is 9.97. The van der Waals surface area contributed by atoms with Crippen LogP contribution in [-0.4, -0.2) is 17.0 Å². The molecule has 2 saturated carbocycles. The Morgan fingerprint density at radius 2 is 2.08 bits per heavy atom. The molecule has 0 aromatic heterocycles. The number of ketones is 1. The second kappa shape index (κ2) is 2.57. The van der Waals surface area contributed by atoms with Crippen molar-refractivity contribution in [3.05, 3.63) is 0 Å². The van der Waals surface area contributed by atoms with Crippen LogP contribution >= 0.6 is 0 Å². The van der Waals surface area contributed by atoms with Gasteiger partial charge in [-0.05, 0) is 18.3 Å². The van der Waals surface area contributed by atoms with Gasteiger partial charge in [0.1, 0.15) is 5.78 Å². The average Bonchev–Trinajstić information content (AvgIpc) is 2.23. The Bertz CT molecular complexity index is 248.